The van der Waals surface area contributed by atoms with E-state index in [1.54, 1.807) is 7.11 Å². The van der Waals surface area contributed by atoms with Crippen molar-refractivity contribution in [3.8, 4) is 0 Å². The maximum atomic E-state index is 5.17. The van der Waals surface area contributed by atoms with Gasteiger partial charge in [0.2, 0.25) is 0 Å². The van der Waals surface area contributed by atoms with Gasteiger partial charge in [0.1, 0.15) is 0 Å². The Bertz CT molecular complexity index is 149. The number of nitrogens with one attached hydrogen (secondary N) is 1. The summed E-state index contributed by atoms with van der Waals surface area (Å²) < 4.78 is 5.17. The molecule has 1 rings (SSSR count). The van der Waals surface area contributed by atoms with Crippen LogP contribution in [0.25, 0.3) is 0 Å². The Morgan fingerprint density at radius 3 is 2.71 bits per heavy atom. The fourth-order valence-corrected chi connectivity index (χ4v) is 2.37. The minimum absolute atomic E-state index is 0.549. The molecule has 84 valence electrons. The first kappa shape index (κ1) is 12.0. The van der Waals surface area contributed by atoms with Gasteiger partial charge in [-0.15, -0.1) is 0 Å². The first-order valence-corrected chi connectivity index (χ1v) is 6.00. The van der Waals surface area contributed by atoms with Gasteiger partial charge in [0, 0.05) is 13.2 Å². The molecule has 0 bridgehead atoms. The predicted molar refractivity (Wildman–Crippen MR) is 60.5 cm³/mol. The van der Waals surface area contributed by atoms with Gasteiger partial charge < -0.3 is 10.1 Å². The van der Waals surface area contributed by atoms with Crippen LogP contribution in [0.2, 0.25) is 0 Å². The van der Waals surface area contributed by atoms with Crippen LogP contribution in [0, 0.1) is 11.8 Å². The van der Waals surface area contributed by atoms with Crippen molar-refractivity contribution in [1.29, 1.82) is 0 Å². The molecule has 2 nitrogen and oxygen atoms in total. The molecule has 0 aromatic carbocycles. The Morgan fingerprint density at radius 2 is 2.21 bits per heavy atom. The molecule has 1 aliphatic rings. The zero-order valence-corrected chi connectivity index (χ0v) is 9.88. The van der Waals surface area contributed by atoms with Gasteiger partial charge in [-0.1, -0.05) is 26.7 Å². The van der Waals surface area contributed by atoms with E-state index in [-0.39, 0.29) is 0 Å². The highest BCUT2D eigenvalue weighted by atomic mass is 16.5. The van der Waals surface area contributed by atoms with E-state index in [9.17, 15) is 0 Å². The minimum Gasteiger partial charge on any atom is -0.383 e. The Hall–Kier alpha value is -0.0800. The summed E-state index contributed by atoms with van der Waals surface area (Å²) in [6, 6.07) is 0.549. The molecule has 0 radical (unpaired) electrons. The average Bonchev–Trinajstić information content (AvgIpc) is 2.59. The Morgan fingerprint density at radius 1 is 1.43 bits per heavy atom. The summed E-state index contributed by atoms with van der Waals surface area (Å²) in [5.74, 6) is 1.82. The third-order valence-corrected chi connectivity index (χ3v) is 3.57. The maximum Gasteiger partial charge on any atom is 0.0615 e. The topological polar surface area (TPSA) is 21.3 Å². The van der Waals surface area contributed by atoms with Gasteiger partial charge in [-0.2, -0.15) is 0 Å². The van der Waals surface area contributed by atoms with E-state index in [1.165, 1.54) is 25.8 Å². The van der Waals surface area contributed by atoms with Crippen LogP contribution in [0.15, 0.2) is 0 Å². The lowest BCUT2D eigenvalue weighted by Gasteiger charge is -2.21. The molecule has 14 heavy (non-hydrogen) atoms. The molecule has 0 amide bonds. The second-order valence-corrected chi connectivity index (χ2v) is 4.64. The van der Waals surface area contributed by atoms with Gasteiger partial charge in [-0.3, -0.25) is 0 Å². The van der Waals surface area contributed by atoms with Crippen LogP contribution in [0.5, 0.6) is 0 Å². The number of methoxy groups -OCH3 is 1. The van der Waals surface area contributed by atoms with Gasteiger partial charge in [-0.05, 0) is 31.2 Å². The van der Waals surface area contributed by atoms with Gasteiger partial charge in [0.25, 0.3) is 0 Å². The SMILES string of the molecule is CCC(COC)NCC1CCCC1C. The van der Waals surface area contributed by atoms with Gasteiger partial charge in [0.05, 0.1) is 6.61 Å². The van der Waals surface area contributed by atoms with Crippen LogP contribution in [0.4, 0.5) is 0 Å². The van der Waals surface area contributed by atoms with Crippen LogP contribution in [-0.2, 0) is 4.74 Å². The molecule has 0 spiro atoms. The van der Waals surface area contributed by atoms with Gasteiger partial charge >= 0.3 is 0 Å². The van der Waals surface area contributed by atoms with E-state index < -0.39 is 0 Å². The summed E-state index contributed by atoms with van der Waals surface area (Å²) in [4.78, 5) is 0. The van der Waals surface area contributed by atoms with E-state index in [2.05, 4.69) is 19.2 Å². The fraction of sp³-hybridized carbons (Fsp3) is 1.00. The quantitative estimate of drug-likeness (QED) is 0.709. The predicted octanol–water partition coefficient (Wildman–Crippen LogP) is 2.44. The molecule has 3 atom stereocenters. The first-order valence-electron chi connectivity index (χ1n) is 6.00. The maximum absolute atomic E-state index is 5.17. The van der Waals surface area contributed by atoms with Crippen molar-refractivity contribution in [3.63, 3.8) is 0 Å². The molecule has 2 heteroatoms. The molecule has 3 unspecified atom stereocenters. The van der Waals surface area contributed by atoms with Crippen LogP contribution >= 0.6 is 0 Å². The van der Waals surface area contributed by atoms with Gasteiger partial charge in [-0.25, -0.2) is 0 Å². The largest absolute Gasteiger partial charge is 0.383 e. The lowest BCUT2D eigenvalue weighted by atomic mass is 9.98. The molecule has 0 saturated heterocycles. The zero-order chi connectivity index (χ0) is 10.4. The van der Waals surface area contributed by atoms with Crippen LogP contribution in [0.1, 0.15) is 39.5 Å². The van der Waals surface area contributed by atoms with Gasteiger partial charge in [0.15, 0.2) is 0 Å². The Balaban J connectivity index is 2.17. The molecular weight excluding hydrogens is 174 g/mol. The molecule has 0 aromatic heterocycles. The van der Waals surface area contributed by atoms with Crippen molar-refractivity contribution in [2.75, 3.05) is 20.3 Å². The van der Waals surface area contributed by atoms with E-state index >= 15 is 0 Å². The fourth-order valence-electron chi connectivity index (χ4n) is 2.37. The molecular formula is C12H25NO. The van der Waals surface area contributed by atoms with Crippen molar-refractivity contribution in [2.45, 2.75) is 45.6 Å². The number of ether oxygens (including phenoxy) is 1. The normalized spacial score (nSPS) is 29.4. The highest BCUT2D eigenvalue weighted by Crippen LogP contribution is 2.30. The third kappa shape index (κ3) is 3.58. The number of rotatable bonds is 6. The second kappa shape index (κ2) is 6.41. The highest BCUT2D eigenvalue weighted by Gasteiger charge is 2.23. The molecule has 1 fully saturated rings. The van der Waals surface area contributed by atoms with Crippen LogP contribution in [-0.4, -0.2) is 26.3 Å². The summed E-state index contributed by atoms with van der Waals surface area (Å²) >= 11 is 0. The summed E-state index contributed by atoms with van der Waals surface area (Å²) in [6.07, 6.45) is 5.43. The average molecular weight is 199 g/mol. The van der Waals surface area contributed by atoms with Crippen molar-refractivity contribution >= 4 is 0 Å². The molecule has 0 aromatic rings. The summed E-state index contributed by atoms with van der Waals surface area (Å²) in [7, 11) is 1.78. The lowest BCUT2D eigenvalue weighted by Crippen LogP contribution is -2.36. The van der Waals surface area contributed by atoms with E-state index in [1.807, 2.05) is 0 Å². The lowest BCUT2D eigenvalue weighted by molar-refractivity contribution is 0.160. The molecule has 1 N–H and O–H groups in total. The molecule has 1 saturated carbocycles. The number of hydrogen-bond acceptors (Lipinski definition) is 2. The van der Waals surface area contributed by atoms with Crippen molar-refractivity contribution in [1.82, 2.24) is 5.32 Å². The van der Waals surface area contributed by atoms with E-state index in [0.717, 1.165) is 24.9 Å². The summed E-state index contributed by atoms with van der Waals surface area (Å²) in [5, 5.41) is 3.62. The molecule has 0 heterocycles. The van der Waals surface area contributed by atoms with E-state index in [0.29, 0.717) is 6.04 Å². The molecule has 0 aliphatic heterocycles. The number of hydrogen-bond donors (Lipinski definition) is 1. The standard InChI is InChI=1S/C12H25NO/c1-4-12(9-14-3)13-8-11-7-5-6-10(11)2/h10-13H,4-9H2,1-3H3. The van der Waals surface area contributed by atoms with E-state index in [4.69, 9.17) is 4.74 Å². The van der Waals surface area contributed by atoms with Crippen LogP contribution in [0.3, 0.4) is 0 Å². The smallest absolute Gasteiger partial charge is 0.0615 e. The van der Waals surface area contributed by atoms with Crippen LogP contribution < -0.4 is 5.32 Å². The summed E-state index contributed by atoms with van der Waals surface area (Å²) in [6.45, 7) is 6.63. The Kier molecular flexibility index (Phi) is 5.49. The second-order valence-electron chi connectivity index (χ2n) is 4.64. The monoisotopic (exact) mass is 199 g/mol. The van der Waals surface area contributed by atoms with Crippen molar-refractivity contribution < 1.29 is 4.74 Å². The zero-order valence-electron chi connectivity index (χ0n) is 9.88. The Labute approximate surface area is 88.4 Å². The minimum atomic E-state index is 0.549. The van der Waals surface area contributed by atoms with Crippen molar-refractivity contribution in [3.05, 3.63) is 0 Å². The first-order chi connectivity index (χ1) is 6.77. The van der Waals surface area contributed by atoms with Crippen molar-refractivity contribution in [2.24, 2.45) is 11.8 Å². The molecule has 1 aliphatic carbocycles. The summed E-state index contributed by atoms with van der Waals surface area (Å²) in [5.41, 5.74) is 0. The highest BCUT2D eigenvalue weighted by molar-refractivity contribution is 4.77. The third-order valence-electron chi connectivity index (χ3n) is 3.57.